The van der Waals surface area contributed by atoms with Crippen molar-refractivity contribution >= 4 is 18.6 Å². The molecule has 3 heteroatoms. The fourth-order valence-corrected chi connectivity index (χ4v) is 0.580. The van der Waals surface area contributed by atoms with Crippen LogP contribution in [-0.2, 0) is 9.59 Å². The third-order valence-corrected chi connectivity index (χ3v) is 1.64. The van der Waals surface area contributed by atoms with E-state index >= 15 is 0 Å². The highest BCUT2D eigenvalue weighted by molar-refractivity contribution is 6.97. The van der Waals surface area contributed by atoms with Crippen molar-refractivity contribution < 1.29 is 9.59 Å². The van der Waals surface area contributed by atoms with Gasteiger partial charge in [0.05, 0.1) is 0 Å². The first kappa shape index (κ1) is 10.4. The molecule has 0 saturated carbocycles. The van der Waals surface area contributed by atoms with E-state index in [2.05, 4.69) is 0 Å². The minimum Gasteiger partial charge on any atom is -0.311 e. The van der Waals surface area contributed by atoms with Gasteiger partial charge in [-0.3, -0.25) is 0 Å². The van der Waals surface area contributed by atoms with E-state index in [1.807, 2.05) is 27.7 Å². The van der Waals surface area contributed by atoms with Crippen LogP contribution in [0.1, 0.15) is 27.7 Å². The Morgan fingerprint density at radius 3 is 1.36 bits per heavy atom. The molecule has 0 fully saturated rings. The molecule has 0 aliphatic rings. The molecule has 0 heterocycles. The van der Waals surface area contributed by atoms with Crippen molar-refractivity contribution in [3.8, 4) is 0 Å². The molecule has 0 saturated heterocycles. The lowest BCUT2D eigenvalue weighted by atomic mass is 9.62. The van der Waals surface area contributed by atoms with Gasteiger partial charge in [0.2, 0.25) is 0 Å². The molecular weight excluding hydrogens is 139 g/mol. The van der Waals surface area contributed by atoms with E-state index in [0.717, 1.165) is 0 Å². The number of carbonyl (C=O) groups excluding carboxylic acids is 2. The number of carbonyl (C=O) groups is 2. The summed E-state index contributed by atoms with van der Waals surface area (Å²) in [5, 5.41) is 0. The first-order valence-electron chi connectivity index (χ1n) is 4.00. The van der Waals surface area contributed by atoms with E-state index < -0.39 is 0 Å². The molecule has 11 heavy (non-hydrogen) atoms. The summed E-state index contributed by atoms with van der Waals surface area (Å²) >= 11 is 0. The Hall–Kier alpha value is -0.595. The Morgan fingerprint density at radius 1 is 0.909 bits per heavy atom. The summed E-state index contributed by atoms with van der Waals surface area (Å²) in [5.41, 5.74) is 0.0902. The van der Waals surface area contributed by atoms with Crippen LogP contribution in [-0.4, -0.2) is 18.6 Å². The van der Waals surface area contributed by atoms with Crippen molar-refractivity contribution in [1.82, 2.24) is 0 Å². The molecule has 0 N–H and O–H groups in total. The zero-order valence-corrected chi connectivity index (χ0v) is 7.68. The lowest BCUT2D eigenvalue weighted by Crippen LogP contribution is -2.27. The molecule has 0 bridgehead atoms. The van der Waals surface area contributed by atoms with Gasteiger partial charge < -0.3 is 9.59 Å². The van der Waals surface area contributed by atoms with Crippen LogP contribution in [0.2, 0.25) is 0 Å². The molecule has 0 aromatic carbocycles. The van der Waals surface area contributed by atoms with Crippen molar-refractivity contribution in [3.05, 3.63) is 0 Å². The summed E-state index contributed by atoms with van der Waals surface area (Å²) in [6, 6.07) is 0. The largest absolute Gasteiger partial charge is 0.311 e. The van der Waals surface area contributed by atoms with Gasteiger partial charge in [-0.2, -0.15) is 0 Å². The highest BCUT2D eigenvalue weighted by Gasteiger charge is 2.17. The lowest BCUT2D eigenvalue weighted by Gasteiger charge is -2.03. The quantitative estimate of drug-likeness (QED) is 0.561. The number of hydrogen-bond donors (Lipinski definition) is 0. The molecule has 2 nitrogen and oxygen atoms in total. The molecule has 0 aromatic rings. The summed E-state index contributed by atoms with van der Waals surface area (Å²) in [6.45, 7) is 7.26. The Morgan fingerprint density at radius 2 is 1.18 bits per heavy atom. The molecule has 62 valence electrons. The summed E-state index contributed by atoms with van der Waals surface area (Å²) in [4.78, 5) is 22.1. The normalized spacial score (nSPS) is 10.4. The molecule has 0 atom stereocenters. The van der Waals surface area contributed by atoms with Crippen molar-refractivity contribution in [3.63, 3.8) is 0 Å². The fraction of sp³-hybridized carbons (Fsp3) is 0.750. The zero-order valence-electron chi connectivity index (χ0n) is 7.68. The third-order valence-electron chi connectivity index (χ3n) is 1.64. The van der Waals surface area contributed by atoms with E-state index in [9.17, 15) is 9.59 Å². The van der Waals surface area contributed by atoms with E-state index in [4.69, 9.17) is 0 Å². The molecule has 0 rings (SSSR count). The van der Waals surface area contributed by atoms with Gasteiger partial charge in [-0.25, -0.2) is 0 Å². The molecular formula is C8H15BO2. The van der Waals surface area contributed by atoms with Gasteiger partial charge in [-0.15, -0.1) is 0 Å². The summed E-state index contributed by atoms with van der Waals surface area (Å²) < 4.78 is 0. The first-order valence-corrected chi connectivity index (χ1v) is 4.00. The standard InChI is InChI=1S/C8H15BO2/c1-5(2)7(10)9-8(11)6(3)4/h5-6,9H,1-4H3. The molecule has 0 aliphatic carbocycles. The first-order chi connectivity index (χ1) is 4.95. The van der Waals surface area contributed by atoms with Gasteiger partial charge in [0, 0.05) is 11.8 Å². The summed E-state index contributed by atoms with van der Waals surface area (Å²) in [6.07, 6.45) is 0. The van der Waals surface area contributed by atoms with Crippen molar-refractivity contribution in [2.45, 2.75) is 27.7 Å². The van der Waals surface area contributed by atoms with Crippen molar-refractivity contribution in [1.29, 1.82) is 0 Å². The van der Waals surface area contributed by atoms with Gasteiger partial charge in [-0.1, -0.05) is 27.7 Å². The minimum atomic E-state index is -0.0160. The van der Waals surface area contributed by atoms with Crippen LogP contribution in [0.15, 0.2) is 0 Å². The van der Waals surface area contributed by atoms with E-state index in [0.29, 0.717) is 0 Å². The van der Waals surface area contributed by atoms with Crippen LogP contribution in [0.25, 0.3) is 0 Å². The Kier molecular flexibility index (Phi) is 4.08. The number of hydrogen-bond acceptors (Lipinski definition) is 2. The Labute approximate surface area is 68.6 Å². The highest BCUT2D eigenvalue weighted by Crippen LogP contribution is 1.97. The maximum absolute atomic E-state index is 11.0. The zero-order chi connectivity index (χ0) is 9.02. The molecule has 0 amide bonds. The van der Waals surface area contributed by atoms with Crippen LogP contribution in [0.4, 0.5) is 0 Å². The minimum absolute atomic E-state index is 0.0160. The maximum Gasteiger partial charge on any atom is 0.286 e. The average molecular weight is 154 g/mol. The average Bonchev–Trinajstić information content (AvgIpc) is 1.87. The van der Waals surface area contributed by atoms with Gasteiger partial charge in [-0.05, 0) is 0 Å². The smallest absolute Gasteiger partial charge is 0.286 e. The Bertz CT molecular complexity index is 143. The van der Waals surface area contributed by atoms with Crippen LogP contribution in [0.3, 0.4) is 0 Å². The fourth-order valence-electron chi connectivity index (χ4n) is 0.580. The predicted molar refractivity (Wildman–Crippen MR) is 46.8 cm³/mol. The van der Waals surface area contributed by atoms with E-state index in [1.54, 1.807) is 0 Å². The SMILES string of the molecule is CC(C)C(=O)BC(=O)C(C)C. The molecule has 0 aliphatic heterocycles. The van der Waals surface area contributed by atoms with E-state index in [-0.39, 0.29) is 30.5 Å². The predicted octanol–water partition coefficient (Wildman–Crippen LogP) is 0.788. The van der Waals surface area contributed by atoms with E-state index in [1.165, 1.54) is 0 Å². The topological polar surface area (TPSA) is 34.1 Å². The van der Waals surface area contributed by atoms with Crippen LogP contribution < -0.4 is 0 Å². The van der Waals surface area contributed by atoms with Crippen LogP contribution >= 0.6 is 0 Å². The molecule has 0 unspecified atom stereocenters. The molecule has 0 radical (unpaired) electrons. The maximum atomic E-state index is 11.0. The monoisotopic (exact) mass is 154 g/mol. The Balaban J connectivity index is 3.86. The third kappa shape index (κ3) is 3.96. The summed E-state index contributed by atoms with van der Waals surface area (Å²) in [5.74, 6) is -0.0320. The van der Waals surface area contributed by atoms with Crippen LogP contribution in [0, 0.1) is 11.8 Å². The molecule has 0 aromatic heterocycles. The van der Waals surface area contributed by atoms with Gasteiger partial charge in [0.25, 0.3) is 7.28 Å². The second-order valence-electron chi connectivity index (χ2n) is 3.42. The lowest BCUT2D eigenvalue weighted by molar-refractivity contribution is -0.117. The van der Waals surface area contributed by atoms with Gasteiger partial charge >= 0.3 is 0 Å². The number of rotatable bonds is 4. The van der Waals surface area contributed by atoms with Crippen molar-refractivity contribution in [2.75, 3.05) is 0 Å². The second kappa shape index (κ2) is 4.32. The second-order valence-corrected chi connectivity index (χ2v) is 3.42. The van der Waals surface area contributed by atoms with Gasteiger partial charge in [0.1, 0.15) is 11.4 Å². The highest BCUT2D eigenvalue weighted by atomic mass is 16.1. The summed E-state index contributed by atoms with van der Waals surface area (Å²) in [7, 11) is 0.106. The van der Waals surface area contributed by atoms with Gasteiger partial charge in [0.15, 0.2) is 0 Å². The van der Waals surface area contributed by atoms with Crippen LogP contribution in [0.5, 0.6) is 0 Å². The molecule has 0 spiro atoms. The van der Waals surface area contributed by atoms with Crippen molar-refractivity contribution in [2.24, 2.45) is 11.8 Å².